The molecule has 7 heteroatoms. The highest BCUT2D eigenvalue weighted by Crippen LogP contribution is 2.29. The fourth-order valence-corrected chi connectivity index (χ4v) is 2.66. The molecule has 0 spiro atoms. The summed E-state index contributed by atoms with van der Waals surface area (Å²) in [7, 11) is 1.48. The summed E-state index contributed by atoms with van der Waals surface area (Å²) in [6, 6.07) is 12.3. The summed E-state index contributed by atoms with van der Waals surface area (Å²) in [5, 5.41) is 3.97. The quantitative estimate of drug-likeness (QED) is 0.296. The molecule has 0 unspecified atom stereocenters. The third kappa shape index (κ3) is 6.93. The molecular weight excluding hydrogens is 381 g/mol. The number of rotatable bonds is 9. The van der Waals surface area contributed by atoms with Gasteiger partial charge in [0.15, 0.2) is 0 Å². The van der Waals surface area contributed by atoms with Crippen molar-refractivity contribution in [3.05, 3.63) is 65.2 Å². The van der Waals surface area contributed by atoms with E-state index in [1.807, 2.05) is 19.1 Å². The second-order valence-electron chi connectivity index (χ2n) is 6.45. The summed E-state index contributed by atoms with van der Waals surface area (Å²) < 4.78 is 44.1. The van der Waals surface area contributed by atoms with Crippen LogP contribution in [0.25, 0.3) is 0 Å². The van der Waals surface area contributed by atoms with Crippen LogP contribution in [0.2, 0.25) is 0 Å². The number of hydrogen-bond donors (Lipinski definition) is 0. The molecule has 0 heterocycles. The van der Waals surface area contributed by atoms with Crippen LogP contribution in [0.5, 0.6) is 5.75 Å². The van der Waals surface area contributed by atoms with Gasteiger partial charge >= 0.3 is 6.18 Å². The maximum Gasteiger partial charge on any atom is 0.416 e. The Morgan fingerprint density at radius 1 is 1.07 bits per heavy atom. The van der Waals surface area contributed by atoms with E-state index in [0.717, 1.165) is 36.2 Å². The van der Waals surface area contributed by atoms with Gasteiger partial charge in [0.2, 0.25) is 0 Å². The van der Waals surface area contributed by atoms with E-state index >= 15 is 0 Å². The van der Waals surface area contributed by atoms with Gasteiger partial charge in [-0.25, -0.2) is 0 Å². The molecule has 0 N–H and O–H groups in total. The Bertz CT molecular complexity index is 844. The highest BCUT2D eigenvalue weighted by Gasteiger charge is 2.30. The van der Waals surface area contributed by atoms with Gasteiger partial charge in [0.25, 0.3) is 0 Å². The van der Waals surface area contributed by atoms with Crippen LogP contribution in [0.4, 0.5) is 13.2 Å². The fourth-order valence-electron chi connectivity index (χ4n) is 2.66. The topological polar surface area (TPSA) is 43.2 Å². The maximum atomic E-state index is 12.8. The summed E-state index contributed by atoms with van der Waals surface area (Å²) in [5.41, 5.74) is 2.04. The molecule has 0 saturated carbocycles. The van der Waals surface area contributed by atoms with Crippen molar-refractivity contribution in [2.45, 2.75) is 39.5 Å². The number of nitrogens with zero attached hydrogens (tertiary/aromatic N) is 2. The molecule has 0 aromatic heterocycles. The van der Waals surface area contributed by atoms with E-state index < -0.39 is 11.7 Å². The van der Waals surface area contributed by atoms with Crippen molar-refractivity contribution in [3.63, 3.8) is 0 Å². The molecule has 0 aliphatic carbocycles. The van der Waals surface area contributed by atoms with E-state index in [-0.39, 0.29) is 6.61 Å². The third-order valence-electron chi connectivity index (χ3n) is 4.14. The van der Waals surface area contributed by atoms with Gasteiger partial charge in [-0.05, 0) is 55.3 Å². The molecule has 0 radical (unpaired) electrons. The van der Waals surface area contributed by atoms with Gasteiger partial charge in [-0.2, -0.15) is 13.2 Å². The van der Waals surface area contributed by atoms with Crippen LogP contribution in [-0.4, -0.2) is 25.1 Å². The lowest BCUT2D eigenvalue weighted by Gasteiger charge is -2.11. The van der Waals surface area contributed by atoms with Crippen LogP contribution in [0, 0.1) is 0 Å². The normalized spacial score (nSPS) is 12.8. The standard InChI is InChI=1S/C22H25F3N2O2/c1-4-5-13-26-21(16(2)27-28-3)18-9-11-20(12-10-18)29-15-17-7-6-8-19(14-17)22(23,24)25/h6-12,14H,4-5,13,15H2,1-3H3/b26-21?,27-16+. The van der Waals surface area contributed by atoms with Gasteiger partial charge in [0.1, 0.15) is 25.2 Å². The first-order valence-electron chi connectivity index (χ1n) is 9.37. The van der Waals surface area contributed by atoms with E-state index in [9.17, 15) is 13.2 Å². The van der Waals surface area contributed by atoms with Crippen molar-refractivity contribution >= 4 is 11.4 Å². The van der Waals surface area contributed by atoms with Crippen molar-refractivity contribution in [3.8, 4) is 5.75 Å². The minimum atomic E-state index is -4.37. The number of alkyl halides is 3. The zero-order chi connectivity index (χ0) is 21.3. The lowest BCUT2D eigenvalue weighted by Crippen LogP contribution is -2.13. The molecule has 2 aromatic carbocycles. The molecule has 0 fully saturated rings. The van der Waals surface area contributed by atoms with Crippen LogP contribution in [0.1, 0.15) is 43.4 Å². The van der Waals surface area contributed by atoms with Crippen molar-refractivity contribution in [1.82, 2.24) is 0 Å². The predicted octanol–water partition coefficient (Wildman–Crippen LogP) is 5.90. The molecule has 0 atom stereocenters. The summed E-state index contributed by atoms with van der Waals surface area (Å²) in [6.45, 7) is 4.66. The van der Waals surface area contributed by atoms with E-state index in [1.165, 1.54) is 13.2 Å². The monoisotopic (exact) mass is 406 g/mol. The second kappa shape index (κ2) is 10.6. The smallest absolute Gasteiger partial charge is 0.416 e. The first kappa shape index (κ1) is 22.5. The molecule has 156 valence electrons. The van der Waals surface area contributed by atoms with E-state index in [1.54, 1.807) is 18.2 Å². The Labute approximate surface area is 169 Å². The Morgan fingerprint density at radius 2 is 1.79 bits per heavy atom. The van der Waals surface area contributed by atoms with Gasteiger partial charge < -0.3 is 9.57 Å². The molecular formula is C22H25F3N2O2. The van der Waals surface area contributed by atoms with Gasteiger partial charge in [0.05, 0.1) is 11.3 Å². The van der Waals surface area contributed by atoms with E-state index in [2.05, 4.69) is 17.1 Å². The van der Waals surface area contributed by atoms with Gasteiger partial charge in [-0.15, -0.1) is 0 Å². The molecule has 0 aliphatic heterocycles. The minimum Gasteiger partial charge on any atom is -0.489 e. The third-order valence-corrected chi connectivity index (χ3v) is 4.14. The van der Waals surface area contributed by atoms with Crippen LogP contribution >= 0.6 is 0 Å². The van der Waals surface area contributed by atoms with E-state index in [0.29, 0.717) is 23.6 Å². The van der Waals surface area contributed by atoms with Crippen molar-refractivity contribution in [2.75, 3.05) is 13.7 Å². The van der Waals surface area contributed by atoms with Crippen LogP contribution in [-0.2, 0) is 17.6 Å². The summed E-state index contributed by atoms with van der Waals surface area (Å²) >= 11 is 0. The van der Waals surface area contributed by atoms with Crippen molar-refractivity contribution in [2.24, 2.45) is 10.1 Å². The van der Waals surface area contributed by atoms with Crippen molar-refractivity contribution < 1.29 is 22.7 Å². The lowest BCUT2D eigenvalue weighted by atomic mass is 10.1. The second-order valence-corrected chi connectivity index (χ2v) is 6.45. The summed E-state index contributed by atoms with van der Waals surface area (Å²) in [5.74, 6) is 0.556. The highest BCUT2D eigenvalue weighted by molar-refractivity contribution is 6.47. The molecule has 4 nitrogen and oxygen atoms in total. The average Bonchev–Trinajstić information content (AvgIpc) is 2.70. The molecule has 0 amide bonds. The van der Waals surface area contributed by atoms with Crippen LogP contribution in [0.3, 0.4) is 0 Å². The fraction of sp³-hybridized carbons (Fsp3) is 0.364. The Kier molecular flexibility index (Phi) is 8.24. The molecule has 2 aromatic rings. The highest BCUT2D eigenvalue weighted by atomic mass is 19.4. The zero-order valence-corrected chi connectivity index (χ0v) is 16.8. The number of halogens is 3. The predicted molar refractivity (Wildman–Crippen MR) is 109 cm³/mol. The number of ether oxygens (including phenoxy) is 1. The Balaban J connectivity index is 2.10. The van der Waals surface area contributed by atoms with Gasteiger partial charge in [0, 0.05) is 12.1 Å². The first-order chi connectivity index (χ1) is 13.8. The van der Waals surface area contributed by atoms with Gasteiger partial charge in [-0.3, -0.25) is 4.99 Å². The lowest BCUT2D eigenvalue weighted by molar-refractivity contribution is -0.137. The Hall–Kier alpha value is -2.83. The maximum absolute atomic E-state index is 12.8. The minimum absolute atomic E-state index is 0.0465. The molecule has 0 aliphatic rings. The van der Waals surface area contributed by atoms with Crippen LogP contribution < -0.4 is 4.74 Å². The van der Waals surface area contributed by atoms with Crippen molar-refractivity contribution in [1.29, 1.82) is 0 Å². The molecule has 2 rings (SSSR count). The summed E-state index contributed by atoms with van der Waals surface area (Å²) in [6.07, 6.45) is -2.35. The number of aliphatic imine (C=N–C) groups is 1. The number of oxime groups is 1. The molecule has 0 saturated heterocycles. The number of unbranched alkanes of at least 4 members (excludes halogenated alkanes) is 1. The largest absolute Gasteiger partial charge is 0.489 e. The Morgan fingerprint density at radius 3 is 2.41 bits per heavy atom. The van der Waals surface area contributed by atoms with Gasteiger partial charge in [-0.1, -0.05) is 30.6 Å². The van der Waals surface area contributed by atoms with E-state index in [4.69, 9.17) is 9.57 Å². The number of hydrogen-bond acceptors (Lipinski definition) is 4. The number of benzene rings is 2. The zero-order valence-electron chi connectivity index (χ0n) is 16.8. The SMILES string of the molecule is CCCCN=C(/C(C)=N/OC)c1ccc(OCc2cccc(C(F)(F)F)c2)cc1. The van der Waals surface area contributed by atoms with Crippen LogP contribution in [0.15, 0.2) is 58.7 Å². The molecule has 0 bridgehead atoms. The first-order valence-corrected chi connectivity index (χ1v) is 9.37. The summed E-state index contributed by atoms with van der Waals surface area (Å²) in [4.78, 5) is 9.48. The average molecular weight is 406 g/mol. The molecule has 29 heavy (non-hydrogen) atoms.